The molecule has 0 saturated carbocycles. The highest BCUT2D eigenvalue weighted by Crippen LogP contribution is 2.21. The Balaban J connectivity index is 1.75. The van der Waals surface area contributed by atoms with Gasteiger partial charge in [-0.3, -0.25) is 4.79 Å². The first kappa shape index (κ1) is 18.0. The third kappa shape index (κ3) is 3.89. The SMILES string of the molecule is COc1ccc(C)cc1CCNc1cnn(-c2ccccc2)c(=O)c1Cl. The summed E-state index contributed by atoms with van der Waals surface area (Å²) in [6.07, 6.45) is 2.31. The molecule has 5 nitrogen and oxygen atoms in total. The van der Waals surface area contributed by atoms with Gasteiger partial charge in [-0.25, -0.2) is 0 Å². The number of methoxy groups -OCH3 is 1. The number of hydrogen-bond acceptors (Lipinski definition) is 4. The fourth-order valence-corrected chi connectivity index (χ4v) is 2.94. The van der Waals surface area contributed by atoms with Crippen LogP contribution in [0.4, 0.5) is 5.69 Å². The molecule has 0 unspecified atom stereocenters. The van der Waals surface area contributed by atoms with Gasteiger partial charge in [-0.1, -0.05) is 47.5 Å². The van der Waals surface area contributed by atoms with Crippen molar-refractivity contribution in [1.29, 1.82) is 0 Å². The van der Waals surface area contributed by atoms with Gasteiger partial charge in [0, 0.05) is 6.54 Å². The largest absolute Gasteiger partial charge is 0.496 e. The normalized spacial score (nSPS) is 10.6. The number of hydrogen-bond donors (Lipinski definition) is 1. The molecule has 0 spiro atoms. The summed E-state index contributed by atoms with van der Waals surface area (Å²) >= 11 is 6.25. The highest BCUT2D eigenvalue weighted by Gasteiger charge is 2.11. The van der Waals surface area contributed by atoms with Crippen molar-refractivity contribution in [2.75, 3.05) is 19.0 Å². The van der Waals surface area contributed by atoms with Gasteiger partial charge in [0.1, 0.15) is 10.8 Å². The summed E-state index contributed by atoms with van der Waals surface area (Å²) in [7, 11) is 1.66. The first-order valence-corrected chi connectivity index (χ1v) is 8.68. The zero-order valence-electron chi connectivity index (χ0n) is 14.7. The summed E-state index contributed by atoms with van der Waals surface area (Å²) in [5, 5.41) is 7.53. The first-order chi connectivity index (χ1) is 12.6. The molecule has 0 aliphatic rings. The first-order valence-electron chi connectivity index (χ1n) is 8.31. The van der Waals surface area contributed by atoms with Crippen LogP contribution in [0.3, 0.4) is 0 Å². The molecule has 6 heteroatoms. The van der Waals surface area contributed by atoms with E-state index in [9.17, 15) is 4.79 Å². The molecule has 1 heterocycles. The number of anilines is 1. The van der Waals surface area contributed by atoms with Gasteiger partial charge in [0.25, 0.3) is 5.56 Å². The van der Waals surface area contributed by atoms with Crippen LogP contribution in [0.5, 0.6) is 5.75 Å². The van der Waals surface area contributed by atoms with Crippen LogP contribution in [-0.2, 0) is 6.42 Å². The number of nitrogens with one attached hydrogen (secondary N) is 1. The van der Waals surface area contributed by atoms with Crippen LogP contribution >= 0.6 is 11.6 Å². The lowest BCUT2D eigenvalue weighted by molar-refractivity contribution is 0.410. The maximum absolute atomic E-state index is 12.5. The van der Waals surface area contributed by atoms with E-state index in [1.54, 1.807) is 13.3 Å². The van der Waals surface area contributed by atoms with Gasteiger partial charge in [0.15, 0.2) is 0 Å². The maximum atomic E-state index is 12.5. The molecule has 2 aromatic carbocycles. The Bertz CT molecular complexity index is 955. The van der Waals surface area contributed by atoms with E-state index in [1.807, 2.05) is 49.4 Å². The number of benzene rings is 2. The van der Waals surface area contributed by atoms with E-state index in [0.717, 1.165) is 17.7 Å². The average molecular weight is 370 g/mol. The Hall–Kier alpha value is -2.79. The van der Waals surface area contributed by atoms with Gasteiger partial charge >= 0.3 is 0 Å². The van der Waals surface area contributed by atoms with Crippen molar-refractivity contribution in [1.82, 2.24) is 9.78 Å². The van der Waals surface area contributed by atoms with Crippen molar-refractivity contribution in [3.8, 4) is 11.4 Å². The van der Waals surface area contributed by atoms with Crippen molar-refractivity contribution in [3.63, 3.8) is 0 Å². The van der Waals surface area contributed by atoms with Gasteiger partial charge in [-0.05, 0) is 37.1 Å². The minimum Gasteiger partial charge on any atom is -0.496 e. The minimum atomic E-state index is -0.351. The summed E-state index contributed by atoms with van der Waals surface area (Å²) in [5.41, 5.74) is 3.12. The maximum Gasteiger partial charge on any atom is 0.292 e. The lowest BCUT2D eigenvalue weighted by Gasteiger charge is -2.12. The van der Waals surface area contributed by atoms with Gasteiger partial charge < -0.3 is 10.1 Å². The molecule has 3 rings (SSSR count). The summed E-state index contributed by atoms with van der Waals surface area (Å²) < 4.78 is 6.68. The second-order valence-corrected chi connectivity index (χ2v) is 6.29. The topological polar surface area (TPSA) is 56.1 Å². The summed E-state index contributed by atoms with van der Waals surface area (Å²) in [6.45, 7) is 2.65. The van der Waals surface area contributed by atoms with Crippen LogP contribution in [0.2, 0.25) is 5.02 Å². The molecule has 0 amide bonds. The van der Waals surface area contributed by atoms with Gasteiger partial charge in [-0.2, -0.15) is 9.78 Å². The fourth-order valence-electron chi connectivity index (χ4n) is 2.74. The summed E-state index contributed by atoms with van der Waals surface area (Å²) in [4.78, 5) is 12.5. The summed E-state index contributed by atoms with van der Waals surface area (Å²) in [6, 6.07) is 15.3. The lowest BCUT2D eigenvalue weighted by atomic mass is 10.1. The van der Waals surface area contributed by atoms with Crippen LogP contribution in [0.1, 0.15) is 11.1 Å². The molecule has 0 aliphatic heterocycles. The molecule has 0 aliphatic carbocycles. The highest BCUT2D eigenvalue weighted by molar-refractivity contribution is 6.32. The second-order valence-electron chi connectivity index (χ2n) is 5.92. The number of nitrogens with zero attached hydrogens (tertiary/aromatic N) is 2. The van der Waals surface area contributed by atoms with E-state index in [0.29, 0.717) is 17.9 Å². The standard InChI is InChI=1S/C20H20ClN3O2/c1-14-8-9-18(26-2)15(12-14)10-11-22-17-13-23-24(20(25)19(17)21)16-6-4-3-5-7-16/h3-9,12-13,22H,10-11H2,1-2H3. The monoisotopic (exact) mass is 369 g/mol. The van der Waals surface area contributed by atoms with Crippen molar-refractivity contribution in [3.05, 3.63) is 81.2 Å². The zero-order valence-corrected chi connectivity index (χ0v) is 15.5. The fraction of sp³-hybridized carbons (Fsp3) is 0.200. The van der Waals surface area contributed by atoms with Crippen molar-refractivity contribution in [2.24, 2.45) is 0 Å². The van der Waals surface area contributed by atoms with Crippen LogP contribution < -0.4 is 15.6 Å². The molecule has 0 saturated heterocycles. The van der Waals surface area contributed by atoms with Crippen LogP contribution in [0.15, 0.2) is 59.5 Å². The lowest BCUT2D eigenvalue weighted by Crippen LogP contribution is -2.23. The van der Waals surface area contributed by atoms with Gasteiger partial charge in [-0.15, -0.1) is 0 Å². The van der Waals surface area contributed by atoms with Crippen LogP contribution in [0, 0.1) is 6.92 Å². The smallest absolute Gasteiger partial charge is 0.292 e. The number of rotatable bonds is 6. The minimum absolute atomic E-state index is 0.125. The second kappa shape index (κ2) is 8.06. The molecule has 26 heavy (non-hydrogen) atoms. The Morgan fingerprint density at radius 1 is 1.19 bits per heavy atom. The van der Waals surface area contributed by atoms with Crippen molar-refractivity contribution < 1.29 is 4.74 Å². The predicted molar refractivity (Wildman–Crippen MR) is 105 cm³/mol. The number of aromatic nitrogens is 2. The number of ether oxygens (including phenoxy) is 1. The molecule has 3 aromatic rings. The Kier molecular flexibility index (Phi) is 5.58. The van der Waals surface area contributed by atoms with E-state index in [1.165, 1.54) is 10.2 Å². The van der Waals surface area contributed by atoms with E-state index in [4.69, 9.17) is 16.3 Å². The Morgan fingerprint density at radius 3 is 2.69 bits per heavy atom. The van der Waals surface area contributed by atoms with Gasteiger partial charge in [0.05, 0.1) is 24.7 Å². The molecule has 0 bridgehead atoms. The van der Waals surface area contributed by atoms with E-state index < -0.39 is 0 Å². The Morgan fingerprint density at radius 2 is 1.96 bits per heavy atom. The van der Waals surface area contributed by atoms with E-state index in [2.05, 4.69) is 16.5 Å². The molecule has 0 radical (unpaired) electrons. The van der Waals surface area contributed by atoms with E-state index in [-0.39, 0.29) is 10.6 Å². The molecule has 0 atom stereocenters. The highest BCUT2D eigenvalue weighted by atomic mass is 35.5. The van der Waals surface area contributed by atoms with Gasteiger partial charge in [0.2, 0.25) is 0 Å². The Labute approximate surface area is 157 Å². The molecular weight excluding hydrogens is 350 g/mol. The molecule has 1 N–H and O–H groups in total. The summed E-state index contributed by atoms with van der Waals surface area (Å²) in [5.74, 6) is 0.848. The number of aryl methyl sites for hydroxylation is 1. The van der Waals surface area contributed by atoms with Crippen molar-refractivity contribution >= 4 is 17.3 Å². The molecule has 0 fully saturated rings. The third-order valence-electron chi connectivity index (χ3n) is 4.07. The van der Waals surface area contributed by atoms with Crippen molar-refractivity contribution in [2.45, 2.75) is 13.3 Å². The zero-order chi connectivity index (χ0) is 18.5. The third-order valence-corrected chi connectivity index (χ3v) is 4.43. The van der Waals surface area contributed by atoms with Crippen LogP contribution in [-0.4, -0.2) is 23.4 Å². The quantitative estimate of drug-likeness (QED) is 0.716. The molecule has 134 valence electrons. The number of halogens is 1. The van der Waals surface area contributed by atoms with E-state index >= 15 is 0 Å². The molecular formula is C20H20ClN3O2. The number of para-hydroxylation sites is 1. The molecule has 1 aromatic heterocycles. The van der Waals surface area contributed by atoms with Crippen LogP contribution in [0.25, 0.3) is 5.69 Å². The average Bonchev–Trinajstić information content (AvgIpc) is 2.66. The predicted octanol–water partition coefficient (Wildman–Crippen LogP) is 3.86.